The van der Waals surface area contributed by atoms with E-state index in [-0.39, 0.29) is 22.9 Å². The molecule has 7 heteroatoms. The van der Waals surface area contributed by atoms with Crippen LogP contribution in [-0.4, -0.2) is 39.0 Å². The zero-order chi connectivity index (χ0) is 26.1. The molecular weight excluding hydrogens is 451 g/mol. The molecule has 1 N–H and O–H groups in total. The fraction of sp³-hybridized carbons (Fsp3) is 0.414. The second-order valence-corrected chi connectivity index (χ2v) is 11.0. The van der Waals surface area contributed by atoms with Gasteiger partial charge in [0, 0.05) is 29.4 Å². The van der Waals surface area contributed by atoms with Gasteiger partial charge in [-0.05, 0) is 77.8 Å². The van der Waals surface area contributed by atoms with Crippen LogP contribution in [0.5, 0.6) is 0 Å². The third kappa shape index (κ3) is 5.34. The normalized spacial score (nSPS) is 17.4. The molecule has 1 aromatic heterocycles. The van der Waals surface area contributed by atoms with Crippen LogP contribution in [0.2, 0.25) is 0 Å². The van der Waals surface area contributed by atoms with E-state index in [0.717, 1.165) is 24.0 Å². The van der Waals surface area contributed by atoms with Crippen LogP contribution >= 0.6 is 0 Å². The highest BCUT2D eigenvalue weighted by Gasteiger charge is 2.45. The minimum atomic E-state index is -0.451. The zero-order valence-electron chi connectivity index (χ0n) is 22.0. The maximum atomic E-state index is 15.4. The Morgan fingerprint density at radius 3 is 2.42 bits per heavy atom. The van der Waals surface area contributed by atoms with Gasteiger partial charge < -0.3 is 10.2 Å². The van der Waals surface area contributed by atoms with Crippen LogP contribution in [0.15, 0.2) is 54.7 Å². The largest absolute Gasteiger partial charge is 0.347 e. The summed E-state index contributed by atoms with van der Waals surface area (Å²) in [5.41, 5.74) is 3.11. The summed E-state index contributed by atoms with van der Waals surface area (Å²) in [4.78, 5) is 13.4. The molecule has 0 unspecified atom stereocenters. The lowest BCUT2D eigenvalue weighted by Crippen LogP contribution is -2.62. The number of hydrogen-bond donors (Lipinski definition) is 1. The molecule has 4 rings (SSSR count). The molecule has 3 aromatic rings. The number of nitrogens with one attached hydrogen (secondary N) is 1. The van der Waals surface area contributed by atoms with Gasteiger partial charge in [0.25, 0.3) is 0 Å². The molecule has 2 aromatic carbocycles. The number of hydrogen-bond acceptors (Lipinski definition) is 6. The van der Waals surface area contributed by atoms with E-state index in [9.17, 15) is 5.26 Å². The molecule has 1 aliphatic rings. The first-order valence-electron chi connectivity index (χ1n) is 12.3. The van der Waals surface area contributed by atoms with Gasteiger partial charge in [0.05, 0.1) is 17.8 Å². The van der Waals surface area contributed by atoms with Crippen molar-refractivity contribution >= 4 is 17.5 Å². The summed E-state index contributed by atoms with van der Waals surface area (Å²) in [6.45, 7) is 11.4. The van der Waals surface area contributed by atoms with Crippen LogP contribution in [-0.2, 0) is 6.54 Å². The highest BCUT2D eigenvalue weighted by Crippen LogP contribution is 2.41. The van der Waals surface area contributed by atoms with Crippen molar-refractivity contribution in [3.63, 3.8) is 0 Å². The lowest BCUT2D eigenvalue weighted by atomic mass is 9.77. The Morgan fingerprint density at radius 2 is 1.78 bits per heavy atom. The average molecular weight is 487 g/mol. The fourth-order valence-corrected chi connectivity index (χ4v) is 5.27. The maximum Gasteiger partial charge on any atom is 0.229 e. The van der Waals surface area contributed by atoms with Gasteiger partial charge in [0.15, 0.2) is 11.6 Å². The van der Waals surface area contributed by atoms with Crippen molar-refractivity contribution in [2.45, 2.75) is 71.1 Å². The number of aromatic nitrogens is 2. The number of nitriles is 1. The van der Waals surface area contributed by atoms with E-state index in [2.05, 4.69) is 78.0 Å². The molecule has 0 aliphatic carbocycles. The molecule has 1 aliphatic heterocycles. The Labute approximate surface area is 213 Å². The lowest BCUT2D eigenvalue weighted by Gasteiger charge is -2.55. The number of likely N-dealkylation sites (tertiary alicyclic amines) is 1. The maximum absolute atomic E-state index is 15.4. The number of anilines is 3. The van der Waals surface area contributed by atoms with Crippen LogP contribution in [0.1, 0.15) is 57.2 Å². The number of benzene rings is 2. The summed E-state index contributed by atoms with van der Waals surface area (Å²) < 4.78 is 15.4. The quantitative estimate of drug-likeness (QED) is 0.448. The summed E-state index contributed by atoms with van der Waals surface area (Å²) >= 11 is 0. The first-order valence-corrected chi connectivity index (χ1v) is 12.3. The highest BCUT2D eigenvalue weighted by molar-refractivity contribution is 5.59. The first-order chi connectivity index (χ1) is 17.0. The fourth-order valence-electron chi connectivity index (χ4n) is 5.27. The van der Waals surface area contributed by atoms with Crippen molar-refractivity contribution < 1.29 is 4.39 Å². The Kier molecular flexibility index (Phi) is 7.01. The molecule has 6 nitrogen and oxygen atoms in total. The summed E-state index contributed by atoms with van der Waals surface area (Å²) in [5.74, 6) is 0.126. The Balaban J connectivity index is 1.73. The van der Waals surface area contributed by atoms with E-state index >= 15 is 4.39 Å². The number of halogens is 1. The van der Waals surface area contributed by atoms with Gasteiger partial charge in [-0.3, -0.25) is 4.90 Å². The SMILES string of the molecule is Cc1ccc(Nc2ncc(F)c(N(Cc3ccccc3)C3CC(C)(C)N(C)C(C)(C)C3)n2)cc1C#N. The highest BCUT2D eigenvalue weighted by atomic mass is 19.1. The summed E-state index contributed by atoms with van der Waals surface area (Å²) in [6.07, 6.45) is 2.97. The molecule has 0 atom stereocenters. The van der Waals surface area contributed by atoms with E-state index < -0.39 is 5.82 Å². The molecule has 36 heavy (non-hydrogen) atoms. The Hall–Kier alpha value is -3.50. The molecule has 0 radical (unpaired) electrons. The molecule has 188 valence electrons. The van der Waals surface area contributed by atoms with Gasteiger partial charge in [-0.2, -0.15) is 10.2 Å². The predicted molar refractivity (Wildman–Crippen MR) is 143 cm³/mol. The molecule has 2 heterocycles. The van der Waals surface area contributed by atoms with Crippen LogP contribution in [0.4, 0.5) is 21.8 Å². The minimum absolute atomic E-state index is 0.0679. The molecule has 0 bridgehead atoms. The number of rotatable bonds is 6. The standard InChI is InChI=1S/C29H35FN6/c1-20-12-13-23(14-22(20)17-31)33-27-32-18-25(30)26(34-27)36(19-21-10-8-7-9-11-21)24-15-28(2,3)35(6)29(4,5)16-24/h7-14,18,24H,15-16,19H2,1-6H3,(H,32,33,34). The Morgan fingerprint density at radius 1 is 1.11 bits per heavy atom. The molecular formula is C29H35FN6. The smallest absolute Gasteiger partial charge is 0.229 e. The molecule has 1 saturated heterocycles. The number of aryl methyl sites for hydroxylation is 1. The van der Waals surface area contributed by atoms with E-state index in [1.54, 1.807) is 6.07 Å². The van der Waals surface area contributed by atoms with Gasteiger partial charge in [-0.1, -0.05) is 36.4 Å². The van der Waals surface area contributed by atoms with Crippen molar-refractivity contribution in [2.75, 3.05) is 17.3 Å². The second kappa shape index (κ2) is 9.87. The van der Waals surface area contributed by atoms with E-state index in [1.807, 2.05) is 37.3 Å². The molecule has 0 spiro atoms. The monoisotopic (exact) mass is 486 g/mol. The third-order valence-corrected chi connectivity index (χ3v) is 7.53. The van der Waals surface area contributed by atoms with Crippen molar-refractivity contribution in [1.82, 2.24) is 14.9 Å². The molecule has 1 fully saturated rings. The first kappa shape index (κ1) is 25.6. The zero-order valence-corrected chi connectivity index (χ0v) is 22.0. The van der Waals surface area contributed by atoms with Gasteiger partial charge in [-0.25, -0.2) is 9.37 Å². The van der Waals surface area contributed by atoms with Gasteiger partial charge in [-0.15, -0.1) is 0 Å². The van der Waals surface area contributed by atoms with Crippen molar-refractivity contribution in [1.29, 1.82) is 5.26 Å². The molecule has 0 amide bonds. The Bertz CT molecular complexity index is 1250. The average Bonchev–Trinajstić information content (AvgIpc) is 2.84. The van der Waals surface area contributed by atoms with Crippen LogP contribution in [0.3, 0.4) is 0 Å². The van der Waals surface area contributed by atoms with E-state index in [4.69, 9.17) is 0 Å². The van der Waals surface area contributed by atoms with Crippen molar-refractivity contribution in [3.05, 3.63) is 77.2 Å². The molecule has 0 saturated carbocycles. The van der Waals surface area contributed by atoms with Gasteiger partial charge >= 0.3 is 0 Å². The third-order valence-electron chi connectivity index (χ3n) is 7.53. The van der Waals surface area contributed by atoms with Crippen molar-refractivity contribution in [3.8, 4) is 6.07 Å². The van der Waals surface area contributed by atoms with E-state index in [1.165, 1.54) is 6.20 Å². The second-order valence-electron chi connectivity index (χ2n) is 11.0. The van der Waals surface area contributed by atoms with Crippen LogP contribution < -0.4 is 10.2 Å². The predicted octanol–water partition coefficient (Wildman–Crippen LogP) is 6.20. The summed E-state index contributed by atoms with van der Waals surface area (Å²) in [6, 6.07) is 17.9. The minimum Gasteiger partial charge on any atom is -0.347 e. The van der Waals surface area contributed by atoms with Crippen molar-refractivity contribution in [2.24, 2.45) is 0 Å². The number of piperidine rings is 1. The van der Waals surface area contributed by atoms with Gasteiger partial charge in [0.1, 0.15) is 0 Å². The van der Waals surface area contributed by atoms with E-state index in [0.29, 0.717) is 23.7 Å². The van der Waals surface area contributed by atoms with Gasteiger partial charge in [0.2, 0.25) is 5.95 Å². The topological polar surface area (TPSA) is 68.1 Å². The number of nitrogens with zero attached hydrogens (tertiary/aromatic N) is 5. The summed E-state index contributed by atoms with van der Waals surface area (Å²) in [7, 11) is 2.17. The summed E-state index contributed by atoms with van der Waals surface area (Å²) in [5, 5.41) is 12.5. The van der Waals surface area contributed by atoms with Crippen LogP contribution in [0.25, 0.3) is 0 Å². The lowest BCUT2D eigenvalue weighted by molar-refractivity contribution is -0.0132. The van der Waals surface area contributed by atoms with Crippen LogP contribution in [0, 0.1) is 24.1 Å².